The fraction of sp³-hybridized carbons (Fsp3) is 0.231. The van der Waals surface area contributed by atoms with Gasteiger partial charge in [-0.1, -0.05) is 0 Å². The van der Waals surface area contributed by atoms with E-state index in [-0.39, 0.29) is 11.6 Å². The molecule has 2 rings (SSSR count). The Labute approximate surface area is 114 Å². The standard InChI is InChI=1S/C13H14FN3OS/c1-7-6-16-13(19-7)8(2)17-12(18)10-5-9(15)3-4-11(10)14/h3-6,8H,15H2,1-2H3,(H,17,18). The molecule has 6 heteroatoms. The molecule has 0 saturated carbocycles. The van der Waals surface area contributed by atoms with E-state index in [0.717, 1.165) is 9.88 Å². The molecule has 0 aliphatic rings. The molecular formula is C13H14FN3OS. The molecule has 4 nitrogen and oxygen atoms in total. The molecule has 100 valence electrons. The van der Waals surface area contributed by atoms with Gasteiger partial charge >= 0.3 is 0 Å². The van der Waals surface area contributed by atoms with Crippen LogP contribution in [0, 0.1) is 12.7 Å². The molecule has 3 N–H and O–H groups in total. The Balaban J connectivity index is 2.15. The third-order valence-electron chi connectivity index (χ3n) is 2.59. The summed E-state index contributed by atoms with van der Waals surface area (Å²) in [6, 6.07) is 3.65. The smallest absolute Gasteiger partial charge is 0.254 e. The van der Waals surface area contributed by atoms with Crippen LogP contribution in [0.25, 0.3) is 0 Å². The Morgan fingerprint density at radius 1 is 1.53 bits per heavy atom. The molecule has 19 heavy (non-hydrogen) atoms. The average molecular weight is 279 g/mol. The lowest BCUT2D eigenvalue weighted by molar-refractivity contribution is 0.0936. The van der Waals surface area contributed by atoms with Crippen molar-refractivity contribution >= 4 is 22.9 Å². The van der Waals surface area contributed by atoms with E-state index in [9.17, 15) is 9.18 Å². The summed E-state index contributed by atoms with van der Waals surface area (Å²) in [5.41, 5.74) is 5.85. The van der Waals surface area contributed by atoms with Crippen molar-refractivity contribution in [3.8, 4) is 0 Å². The molecule has 1 aromatic carbocycles. The highest BCUT2D eigenvalue weighted by atomic mass is 32.1. The Hall–Kier alpha value is -1.95. The summed E-state index contributed by atoms with van der Waals surface area (Å²) in [5, 5.41) is 3.49. The number of rotatable bonds is 3. The van der Waals surface area contributed by atoms with Crippen molar-refractivity contribution in [3.63, 3.8) is 0 Å². The maximum atomic E-state index is 13.5. The number of halogens is 1. The van der Waals surface area contributed by atoms with Crippen molar-refractivity contribution < 1.29 is 9.18 Å². The molecule has 0 radical (unpaired) electrons. The van der Waals surface area contributed by atoms with Crippen LogP contribution in [0.1, 0.15) is 33.2 Å². The van der Waals surface area contributed by atoms with Crippen LogP contribution in [-0.2, 0) is 0 Å². The van der Waals surface area contributed by atoms with Crippen molar-refractivity contribution in [1.29, 1.82) is 0 Å². The zero-order chi connectivity index (χ0) is 14.0. The van der Waals surface area contributed by atoms with Gasteiger partial charge in [-0.05, 0) is 32.0 Å². The molecule has 2 aromatic rings. The molecule has 1 amide bonds. The lowest BCUT2D eigenvalue weighted by Crippen LogP contribution is -2.27. The lowest BCUT2D eigenvalue weighted by Gasteiger charge is -2.12. The number of anilines is 1. The van der Waals surface area contributed by atoms with Gasteiger partial charge in [-0.3, -0.25) is 4.79 Å². The van der Waals surface area contributed by atoms with Crippen LogP contribution in [0.15, 0.2) is 24.4 Å². The van der Waals surface area contributed by atoms with Crippen LogP contribution in [-0.4, -0.2) is 10.9 Å². The highest BCUT2D eigenvalue weighted by Gasteiger charge is 2.17. The summed E-state index contributed by atoms with van der Waals surface area (Å²) in [7, 11) is 0. The molecule has 0 bridgehead atoms. The highest BCUT2D eigenvalue weighted by molar-refractivity contribution is 7.11. The van der Waals surface area contributed by atoms with E-state index in [1.807, 2.05) is 6.92 Å². The Morgan fingerprint density at radius 3 is 2.89 bits per heavy atom. The molecule has 0 aliphatic carbocycles. The van der Waals surface area contributed by atoms with Crippen LogP contribution in [0.5, 0.6) is 0 Å². The summed E-state index contributed by atoms with van der Waals surface area (Å²) in [6.07, 6.45) is 1.74. The third kappa shape index (κ3) is 3.08. The number of hydrogen-bond donors (Lipinski definition) is 2. The number of nitrogens with zero attached hydrogens (tertiary/aromatic N) is 1. The molecule has 0 aliphatic heterocycles. The number of nitrogens with two attached hydrogens (primary N) is 1. The SMILES string of the molecule is Cc1cnc(C(C)NC(=O)c2cc(N)ccc2F)s1. The fourth-order valence-electron chi connectivity index (χ4n) is 1.63. The number of nitrogen functional groups attached to an aromatic ring is 1. The summed E-state index contributed by atoms with van der Waals surface area (Å²) in [5.74, 6) is -1.08. The quantitative estimate of drug-likeness (QED) is 0.849. The van der Waals surface area contributed by atoms with Crippen molar-refractivity contribution in [2.75, 3.05) is 5.73 Å². The highest BCUT2D eigenvalue weighted by Crippen LogP contribution is 2.20. The van der Waals surface area contributed by atoms with E-state index in [1.54, 1.807) is 13.1 Å². The average Bonchev–Trinajstić information content (AvgIpc) is 2.79. The van der Waals surface area contributed by atoms with Crippen LogP contribution in [0.2, 0.25) is 0 Å². The van der Waals surface area contributed by atoms with Crippen LogP contribution < -0.4 is 11.1 Å². The number of aromatic nitrogens is 1. The molecule has 0 spiro atoms. The molecule has 1 aromatic heterocycles. The zero-order valence-electron chi connectivity index (χ0n) is 10.6. The van der Waals surface area contributed by atoms with E-state index in [1.165, 1.54) is 29.5 Å². The van der Waals surface area contributed by atoms with Crippen LogP contribution in [0.3, 0.4) is 0 Å². The predicted molar refractivity (Wildman–Crippen MR) is 73.5 cm³/mol. The van der Waals surface area contributed by atoms with Gasteiger partial charge in [-0.25, -0.2) is 9.37 Å². The van der Waals surface area contributed by atoms with Gasteiger partial charge in [-0.2, -0.15) is 0 Å². The minimum absolute atomic E-state index is 0.0554. The first-order valence-corrected chi connectivity index (χ1v) is 6.57. The van der Waals surface area contributed by atoms with Crippen molar-refractivity contribution in [3.05, 3.63) is 45.7 Å². The third-order valence-corrected chi connectivity index (χ3v) is 3.69. The minimum Gasteiger partial charge on any atom is -0.399 e. The first-order chi connectivity index (χ1) is 8.97. The second-order valence-corrected chi connectivity index (χ2v) is 5.51. The van der Waals surface area contributed by atoms with Gasteiger partial charge in [0.2, 0.25) is 0 Å². The largest absolute Gasteiger partial charge is 0.399 e. The van der Waals surface area contributed by atoms with Gasteiger partial charge in [0.05, 0.1) is 11.6 Å². The monoisotopic (exact) mass is 279 g/mol. The molecule has 1 atom stereocenters. The maximum Gasteiger partial charge on any atom is 0.254 e. The van der Waals surface area contributed by atoms with Gasteiger partial charge in [0.25, 0.3) is 5.91 Å². The van der Waals surface area contributed by atoms with Gasteiger partial charge < -0.3 is 11.1 Å². The second kappa shape index (κ2) is 5.36. The molecular weight excluding hydrogens is 265 g/mol. The van der Waals surface area contributed by atoms with Crippen molar-refractivity contribution in [1.82, 2.24) is 10.3 Å². The number of carbonyl (C=O) groups is 1. The summed E-state index contributed by atoms with van der Waals surface area (Å²) in [4.78, 5) is 17.2. The lowest BCUT2D eigenvalue weighted by atomic mass is 10.1. The number of aryl methyl sites for hydroxylation is 1. The molecule has 1 unspecified atom stereocenters. The minimum atomic E-state index is -0.589. The van der Waals surface area contributed by atoms with E-state index >= 15 is 0 Å². The number of amides is 1. The predicted octanol–water partition coefficient (Wildman–Crippen LogP) is 2.66. The van der Waals surface area contributed by atoms with Gasteiger partial charge in [-0.15, -0.1) is 11.3 Å². The zero-order valence-corrected chi connectivity index (χ0v) is 11.4. The van der Waals surface area contributed by atoms with Crippen LogP contribution >= 0.6 is 11.3 Å². The number of hydrogen-bond acceptors (Lipinski definition) is 4. The fourth-order valence-corrected chi connectivity index (χ4v) is 2.40. The number of nitrogens with one attached hydrogen (secondary N) is 1. The van der Waals surface area contributed by atoms with E-state index in [0.29, 0.717) is 5.69 Å². The Morgan fingerprint density at radius 2 is 2.26 bits per heavy atom. The van der Waals surface area contributed by atoms with Crippen LogP contribution in [0.4, 0.5) is 10.1 Å². The van der Waals surface area contributed by atoms with Crippen molar-refractivity contribution in [2.45, 2.75) is 19.9 Å². The summed E-state index contributed by atoms with van der Waals surface area (Å²) < 4.78 is 13.5. The summed E-state index contributed by atoms with van der Waals surface area (Å²) in [6.45, 7) is 3.74. The maximum absolute atomic E-state index is 13.5. The van der Waals surface area contributed by atoms with Crippen molar-refractivity contribution in [2.24, 2.45) is 0 Å². The molecule has 0 fully saturated rings. The first-order valence-electron chi connectivity index (χ1n) is 5.75. The number of carbonyl (C=O) groups excluding carboxylic acids is 1. The topological polar surface area (TPSA) is 68.0 Å². The number of benzene rings is 1. The van der Waals surface area contributed by atoms with Gasteiger partial charge in [0, 0.05) is 16.8 Å². The molecule has 0 saturated heterocycles. The van der Waals surface area contributed by atoms with Gasteiger partial charge in [0.15, 0.2) is 0 Å². The normalized spacial score (nSPS) is 12.2. The van der Waals surface area contributed by atoms with Gasteiger partial charge in [0.1, 0.15) is 10.8 Å². The second-order valence-electron chi connectivity index (χ2n) is 4.24. The van der Waals surface area contributed by atoms with E-state index < -0.39 is 11.7 Å². The van der Waals surface area contributed by atoms with E-state index in [4.69, 9.17) is 5.73 Å². The Kier molecular flexibility index (Phi) is 3.80. The first kappa shape index (κ1) is 13.5. The Bertz CT molecular complexity index is 612. The summed E-state index contributed by atoms with van der Waals surface area (Å²) >= 11 is 1.50. The van der Waals surface area contributed by atoms with E-state index in [2.05, 4.69) is 10.3 Å². The molecule has 1 heterocycles. The number of thiazole rings is 1.